The van der Waals surface area contributed by atoms with Gasteiger partial charge in [0, 0.05) is 38.1 Å². The van der Waals surface area contributed by atoms with Crippen LogP contribution in [0, 0.1) is 0 Å². The number of fused-ring (bicyclic) bond motifs is 1. The molecule has 19 heavy (non-hydrogen) atoms. The number of para-hydroxylation sites is 1. The number of nitrogens with two attached hydrogens (primary N) is 1. The van der Waals surface area contributed by atoms with E-state index in [1.54, 1.807) is 0 Å². The molecule has 2 N–H and O–H groups in total. The minimum atomic E-state index is 0.559. The summed E-state index contributed by atoms with van der Waals surface area (Å²) in [7, 11) is 2.16. The number of benzene rings is 1. The lowest BCUT2D eigenvalue weighted by Gasteiger charge is -2.33. The number of piperazine rings is 1. The van der Waals surface area contributed by atoms with Gasteiger partial charge in [-0.25, -0.2) is 4.98 Å². The van der Waals surface area contributed by atoms with E-state index < -0.39 is 0 Å². The molecule has 0 radical (unpaired) electrons. The van der Waals surface area contributed by atoms with E-state index in [1.165, 1.54) is 10.9 Å². The van der Waals surface area contributed by atoms with Crippen LogP contribution in [0.5, 0.6) is 0 Å². The molecule has 1 aliphatic heterocycles. The summed E-state index contributed by atoms with van der Waals surface area (Å²) < 4.78 is 0. The Morgan fingerprint density at radius 3 is 2.63 bits per heavy atom. The maximum atomic E-state index is 5.88. The van der Waals surface area contributed by atoms with Gasteiger partial charge in [0.25, 0.3) is 0 Å². The molecule has 2 aromatic rings. The summed E-state index contributed by atoms with van der Waals surface area (Å²) in [5.41, 5.74) is 8.10. The molecule has 4 heteroatoms. The fraction of sp³-hybridized carbons (Fsp3) is 0.400. The van der Waals surface area contributed by atoms with Crippen molar-refractivity contribution < 1.29 is 0 Å². The molecule has 1 aromatic carbocycles. The molecule has 1 aliphatic rings. The standard InChI is InChI=1S/C15H20N4/c1-18-6-8-19(9-7-18)15-10-12(11-16)13-4-2-3-5-14(13)17-15/h2-5,10H,6-9,11,16H2,1H3. The molecule has 100 valence electrons. The van der Waals surface area contributed by atoms with Crippen molar-refractivity contribution in [2.24, 2.45) is 5.73 Å². The Labute approximate surface area is 113 Å². The van der Waals surface area contributed by atoms with Crippen LogP contribution in [0.3, 0.4) is 0 Å². The largest absolute Gasteiger partial charge is 0.354 e. The Bertz CT molecular complexity index is 573. The average molecular weight is 256 g/mol. The van der Waals surface area contributed by atoms with Gasteiger partial charge in [0.1, 0.15) is 5.82 Å². The van der Waals surface area contributed by atoms with Gasteiger partial charge < -0.3 is 15.5 Å². The van der Waals surface area contributed by atoms with Crippen LogP contribution in [0.2, 0.25) is 0 Å². The topological polar surface area (TPSA) is 45.4 Å². The summed E-state index contributed by atoms with van der Waals surface area (Å²) in [6.45, 7) is 4.81. The first kappa shape index (κ1) is 12.4. The van der Waals surface area contributed by atoms with Gasteiger partial charge in [-0.1, -0.05) is 18.2 Å². The summed E-state index contributed by atoms with van der Waals surface area (Å²) in [5, 5.41) is 1.17. The molecular weight excluding hydrogens is 236 g/mol. The minimum absolute atomic E-state index is 0.559. The Hall–Kier alpha value is -1.65. The van der Waals surface area contributed by atoms with Crippen molar-refractivity contribution >= 4 is 16.7 Å². The molecule has 0 atom stereocenters. The van der Waals surface area contributed by atoms with Gasteiger partial charge in [0.05, 0.1) is 5.52 Å². The zero-order valence-electron chi connectivity index (χ0n) is 11.3. The monoisotopic (exact) mass is 256 g/mol. The third kappa shape index (κ3) is 2.41. The molecule has 3 rings (SSSR count). The highest BCUT2D eigenvalue weighted by Gasteiger charge is 2.16. The Morgan fingerprint density at radius 2 is 1.89 bits per heavy atom. The van der Waals surface area contributed by atoms with Crippen molar-refractivity contribution in [3.05, 3.63) is 35.9 Å². The molecule has 0 saturated carbocycles. The normalized spacial score (nSPS) is 17.1. The van der Waals surface area contributed by atoms with Gasteiger partial charge in [0.2, 0.25) is 0 Å². The smallest absolute Gasteiger partial charge is 0.129 e. The summed E-state index contributed by atoms with van der Waals surface area (Å²) in [6, 6.07) is 10.4. The number of aromatic nitrogens is 1. The third-order valence-corrected chi connectivity index (χ3v) is 3.84. The third-order valence-electron chi connectivity index (χ3n) is 3.84. The molecule has 1 aromatic heterocycles. The number of hydrogen-bond donors (Lipinski definition) is 1. The summed E-state index contributed by atoms with van der Waals surface area (Å²) in [6.07, 6.45) is 0. The van der Waals surface area contributed by atoms with Crippen molar-refractivity contribution in [3.63, 3.8) is 0 Å². The second-order valence-electron chi connectivity index (χ2n) is 5.15. The van der Waals surface area contributed by atoms with E-state index >= 15 is 0 Å². The Morgan fingerprint density at radius 1 is 1.16 bits per heavy atom. The zero-order chi connectivity index (χ0) is 13.2. The van der Waals surface area contributed by atoms with Gasteiger partial charge in [-0.05, 0) is 24.7 Å². The van der Waals surface area contributed by atoms with Gasteiger partial charge in [-0.3, -0.25) is 0 Å². The fourth-order valence-corrected chi connectivity index (χ4v) is 2.60. The lowest BCUT2D eigenvalue weighted by molar-refractivity contribution is 0.312. The number of likely N-dealkylation sites (N-methyl/N-ethyl adjacent to an activating group) is 1. The lowest BCUT2D eigenvalue weighted by atomic mass is 10.1. The second kappa shape index (κ2) is 5.15. The SMILES string of the molecule is CN1CCN(c2cc(CN)c3ccccc3n2)CC1. The Balaban J connectivity index is 2.00. The highest BCUT2D eigenvalue weighted by Crippen LogP contribution is 2.23. The van der Waals surface area contributed by atoms with E-state index in [2.05, 4.69) is 35.0 Å². The number of pyridine rings is 1. The van der Waals surface area contributed by atoms with Gasteiger partial charge in [-0.2, -0.15) is 0 Å². The molecule has 0 spiro atoms. The molecular formula is C15H20N4. The maximum absolute atomic E-state index is 5.88. The molecule has 4 nitrogen and oxygen atoms in total. The number of rotatable bonds is 2. The van der Waals surface area contributed by atoms with E-state index in [0.29, 0.717) is 6.54 Å². The minimum Gasteiger partial charge on any atom is -0.354 e. The molecule has 0 bridgehead atoms. The molecule has 0 aliphatic carbocycles. The zero-order valence-corrected chi connectivity index (χ0v) is 11.3. The van der Waals surface area contributed by atoms with Crippen molar-refractivity contribution in [2.45, 2.75) is 6.54 Å². The van der Waals surface area contributed by atoms with Crippen LogP contribution in [0.15, 0.2) is 30.3 Å². The predicted octanol–water partition coefficient (Wildman–Crippen LogP) is 1.45. The summed E-state index contributed by atoms with van der Waals surface area (Å²) in [4.78, 5) is 9.49. The molecule has 0 unspecified atom stereocenters. The van der Waals surface area contributed by atoms with Crippen LogP contribution in [0.4, 0.5) is 5.82 Å². The number of hydrogen-bond acceptors (Lipinski definition) is 4. The first-order valence-electron chi connectivity index (χ1n) is 6.80. The summed E-state index contributed by atoms with van der Waals surface area (Å²) in [5.74, 6) is 1.06. The molecule has 0 amide bonds. The van der Waals surface area contributed by atoms with Crippen LogP contribution in [0.1, 0.15) is 5.56 Å². The number of anilines is 1. The van der Waals surface area contributed by atoms with Crippen molar-refractivity contribution in [1.82, 2.24) is 9.88 Å². The number of nitrogens with zero attached hydrogens (tertiary/aromatic N) is 3. The van der Waals surface area contributed by atoms with E-state index in [9.17, 15) is 0 Å². The maximum Gasteiger partial charge on any atom is 0.129 e. The Kier molecular flexibility index (Phi) is 3.36. The van der Waals surface area contributed by atoms with Crippen LogP contribution in [-0.2, 0) is 6.54 Å². The highest BCUT2D eigenvalue weighted by atomic mass is 15.3. The van der Waals surface area contributed by atoms with Gasteiger partial charge >= 0.3 is 0 Å². The molecule has 1 fully saturated rings. The second-order valence-corrected chi connectivity index (χ2v) is 5.15. The van der Waals surface area contributed by atoms with Crippen LogP contribution >= 0.6 is 0 Å². The van der Waals surface area contributed by atoms with Crippen molar-refractivity contribution in [1.29, 1.82) is 0 Å². The van der Waals surface area contributed by atoms with Gasteiger partial charge in [0.15, 0.2) is 0 Å². The van der Waals surface area contributed by atoms with E-state index in [4.69, 9.17) is 10.7 Å². The summed E-state index contributed by atoms with van der Waals surface area (Å²) >= 11 is 0. The van der Waals surface area contributed by atoms with E-state index in [-0.39, 0.29) is 0 Å². The lowest BCUT2D eigenvalue weighted by Crippen LogP contribution is -2.44. The highest BCUT2D eigenvalue weighted by molar-refractivity contribution is 5.84. The first-order chi connectivity index (χ1) is 9.28. The molecule has 1 saturated heterocycles. The quantitative estimate of drug-likeness (QED) is 0.883. The first-order valence-corrected chi connectivity index (χ1v) is 6.80. The molecule has 2 heterocycles. The van der Waals surface area contributed by atoms with Crippen LogP contribution < -0.4 is 10.6 Å². The van der Waals surface area contributed by atoms with E-state index in [0.717, 1.165) is 37.5 Å². The predicted molar refractivity (Wildman–Crippen MR) is 79.3 cm³/mol. The van der Waals surface area contributed by atoms with Gasteiger partial charge in [-0.15, -0.1) is 0 Å². The fourth-order valence-electron chi connectivity index (χ4n) is 2.60. The van der Waals surface area contributed by atoms with E-state index in [1.807, 2.05) is 12.1 Å². The average Bonchev–Trinajstić information content (AvgIpc) is 2.47. The van der Waals surface area contributed by atoms with Crippen molar-refractivity contribution in [2.75, 3.05) is 38.1 Å². The van der Waals surface area contributed by atoms with Crippen molar-refractivity contribution in [3.8, 4) is 0 Å². The van der Waals surface area contributed by atoms with Crippen LogP contribution in [-0.4, -0.2) is 43.1 Å². The van der Waals surface area contributed by atoms with Crippen LogP contribution in [0.25, 0.3) is 10.9 Å².